The highest BCUT2D eigenvalue weighted by atomic mass is 32.1. The van der Waals surface area contributed by atoms with Gasteiger partial charge in [-0.2, -0.15) is 0 Å². The molecule has 2 aromatic heterocycles. The third kappa shape index (κ3) is 8.76. The zero-order chi connectivity index (χ0) is 41.8. The van der Waals surface area contributed by atoms with Gasteiger partial charge in [-0.25, -0.2) is 23.5 Å². The third-order valence-corrected chi connectivity index (χ3v) is 11.9. The topological polar surface area (TPSA) is 160 Å². The minimum Gasteiger partial charge on any atom is -0.391 e. The molecule has 4 aromatic carbocycles. The molecule has 13 nitrogen and oxygen atoms in total. The molecule has 2 saturated heterocycles. The van der Waals surface area contributed by atoms with Crippen molar-refractivity contribution in [2.24, 2.45) is 0 Å². The number of hydrogen-bond acceptors (Lipinski definition) is 13. The molecule has 304 valence electrons. The summed E-state index contributed by atoms with van der Waals surface area (Å²) in [4.78, 5) is 77.7. The van der Waals surface area contributed by atoms with Gasteiger partial charge in [0.15, 0.2) is 46.0 Å². The Labute approximate surface area is 349 Å². The molecule has 17 heteroatoms. The Bertz CT molecular complexity index is 2460. The van der Waals surface area contributed by atoms with Crippen LogP contribution in [0.15, 0.2) is 85.2 Å². The molecular weight excluding hydrogens is 815 g/mol. The zero-order valence-electron chi connectivity index (χ0n) is 31.6. The van der Waals surface area contributed by atoms with Crippen LogP contribution in [0.4, 0.5) is 35.2 Å². The van der Waals surface area contributed by atoms with Crippen LogP contribution in [0.25, 0.3) is 20.9 Å². The molecular formula is C43H34F2N6O7S2. The van der Waals surface area contributed by atoms with Gasteiger partial charge < -0.3 is 19.3 Å². The van der Waals surface area contributed by atoms with Gasteiger partial charge in [-0.3, -0.25) is 29.8 Å². The van der Waals surface area contributed by atoms with E-state index in [4.69, 9.17) is 9.47 Å². The van der Waals surface area contributed by atoms with Crippen LogP contribution in [0.5, 0.6) is 11.5 Å². The predicted molar refractivity (Wildman–Crippen MR) is 224 cm³/mol. The summed E-state index contributed by atoms with van der Waals surface area (Å²) in [6.45, 7) is 3.94. The van der Waals surface area contributed by atoms with E-state index in [1.807, 2.05) is 36.4 Å². The number of thiazole rings is 2. The molecule has 2 N–H and O–H groups in total. The average molecular weight is 849 g/mol. The second-order valence-corrected chi connectivity index (χ2v) is 16.0. The monoisotopic (exact) mass is 848 g/mol. The molecule has 60 heavy (non-hydrogen) atoms. The molecule has 0 radical (unpaired) electrons. The van der Waals surface area contributed by atoms with Gasteiger partial charge in [0.1, 0.15) is 0 Å². The second kappa shape index (κ2) is 17.6. The van der Waals surface area contributed by atoms with Crippen molar-refractivity contribution in [2.75, 3.05) is 46.6 Å². The number of aldehydes is 2. The lowest BCUT2D eigenvalue weighted by molar-refractivity contribution is 0.101. The molecule has 2 aliphatic rings. The van der Waals surface area contributed by atoms with Crippen molar-refractivity contribution in [1.82, 2.24) is 9.97 Å². The molecule has 2 aliphatic heterocycles. The summed E-state index contributed by atoms with van der Waals surface area (Å²) >= 11 is 2.41. The van der Waals surface area contributed by atoms with E-state index in [9.17, 15) is 24.0 Å². The van der Waals surface area contributed by atoms with Crippen molar-refractivity contribution < 1.29 is 42.2 Å². The Balaban J connectivity index is 0.908. The van der Waals surface area contributed by atoms with E-state index in [0.717, 1.165) is 108 Å². The largest absolute Gasteiger partial charge is 0.519 e. The van der Waals surface area contributed by atoms with E-state index >= 15 is 8.78 Å². The van der Waals surface area contributed by atoms with E-state index in [2.05, 4.69) is 42.5 Å². The zero-order valence-corrected chi connectivity index (χ0v) is 33.2. The van der Waals surface area contributed by atoms with Crippen LogP contribution in [0, 0.1) is 11.6 Å². The number of carbonyl (C=O) groups is 5. The number of halogens is 2. The third-order valence-electron chi connectivity index (χ3n) is 9.95. The van der Waals surface area contributed by atoms with Crippen LogP contribution in [0.1, 0.15) is 67.1 Å². The number of hydrogen-bond donors (Lipinski definition) is 2. The lowest BCUT2D eigenvalue weighted by atomic mass is 10.1. The second-order valence-electron chi connectivity index (χ2n) is 13.9. The average Bonchev–Trinajstić information content (AvgIpc) is 4.11. The Morgan fingerprint density at radius 2 is 1.03 bits per heavy atom. The number of amides is 2. The normalized spacial score (nSPS) is 13.6. The van der Waals surface area contributed by atoms with Crippen molar-refractivity contribution in [2.45, 2.75) is 25.7 Å². The summed E-state index contributed by atoms with van der Waals surface area (Å²) < 4.78 is 40.5. The quantitative estimate of drug-likeness (QED) is 0.0687. The maximum atomic E-state index is 15.3. The Morgan fingerprint density at radius 3 is 1.43 bits per heavy atom. The number of nitrogens with zero attached hydrogens (tertiary/aromatic N) is 4. The van der Waals surface area contributed by atoms with Crippen molar-refractivity contribution >= 4 is 74.9 Å². The summed E-state index contributed by atoms with van der Waals surface area (Å²) in [6.07, 6.45) is 6.36. The summed E-state index contributed by atoms with van der Waals surface area (Å²) in [5.74, 6) is -5.97. The maximum Gasteiger partial charge on any atom is 0.519 e. The standard InChI is InChI=1S/C43H34F2N6O7S2/c44-33-19-27(39(54)48-41-46-21-35(59-41)25-7-5-9-31(17-25)50-11-1-2-12-50)15-29(23-52)37(33)57-43(56)58-38-30(24-53)16-28(20-34(38)45)40(55)49-42-47-22-36(60-42)26-8-6-10-32(18-26)51-13-3-4-14-51/h5-10,15-24H,1-4,11-14H2,(H,46,48,54)(H,47,49,55). The van der Waals surface area contributed by atoms with Crippen LogP contribution >= 0.6 is 22.7 Å². The molecule has 0 unspecified atom stereocenters. The smallest absolute Gasteiger partial charge is 0.391 e. The van der Waals surface area contributed by atoms with Gasteiger partial charge in [-0.1, -0.05) is 46.9 Å². The first-order valence-electron chi connectivity index (χ1n) is 18.9. The molecule has 8 rings (SSSR count). The number of benzene rings is 4. The molecule has 0 saturated carbocycles. The Hall–Kier alpha value is -6.85. The van der Waals surface area contributed by atoms with Crippen molar-refractivity contribution in [3.05, 3.63) is 119 Å². The van der Waals surface area contributed by atoms with Gasteiger partial charge in [-0.05, 0) is 85.3 Å². The summed E-state index contributed by atoms with van der Waals surface area (Å²) in [6, 6.07) is 19.4. The predicted octanol–water partition coefficient (Wildman–Crippen LogP) is 9.12. The summed E-state index contributed by atoms with van der Waals surface area (Å²) in [5, 5.41) is 5.62. The van der Waals surface area contributed by atoms with Gasteiger partial charge in [0, 0.05) is 61.1 Å². The van der Waals surface area contributed by atoms with Crippen LogP contribution in [-0.2, 0) is 0 Å². The van der Waals surface area contributed by atoms with E-state index in [1.165, 1.54) is 22.7 Å². The van der Waals surface area contributed by atoms with Crippen molar-refractivity contribution in [3.8, 4) is 32.4 Å². The van der Waals surface area contributed by atoms with E-state index in [-0.39, 0.29) is 34.0 Å². The lowest BCUT2D eigenvalue weighted by Gasteiger charge is -2.18. The first-order valence-corrected chi connectivity index (χ1v) is 20.5. The van der Waals surface area contributed by atoms with Crippen molar-refractivity contribution in [1.29, 1.82) is 0 Å². The Morgan fingerprint density at radius 1 is 0.617 bits per heavy atom. The minimum absolute atomic E-state index is 0.152. The van der Waals surface area contributed by atoms with Gasteiger partial charge in [0.2, 0.25) is 0 Å². The molecule has 2 fully saturated rings. The van der Waals surface area contributed by atoms with Gasteiger partial charge in [-0.15, -0.1) is 0 Å². The van der Waals surface area contributed by atoms with E-state index in [1.54, 1.807) is 12.4 Å². The number of aromatic nitrogens is 2. The first kappa shape index (κ1) is 40.0. The number of rotatable bonds is 12. The highest BCUT2D eigenvalue weighted by Crippen LogP contribution is 2.35. The lowest BCUT2D eigenvalue weighted by Crippen LogP contribution is -2.19. The van der Waals surface area contributed by atoms with Crippen LogP contribution < -0.4 is 29.9 Å². The fraction of sp³-hybridized carbons (Fsp3) is 0.186. The van der Waals surface area contributed by atoms with Crippen LogP contribution in [0.3, 0.4) is 0 Å². The number of nitrogens with one attached hydrogen (secondary N) is 2. The van der Waals surface area contributed by atoms with Gasteiger partial charge in [0.05, 0.1) is 20.9 Å². The maximum absolute atomic E-state index is 15.3. The van der Waals surface area contributed by atoms with Gasteiger partial charge in [0.25, 0.3) is 11.8 Å². The van der Waals surface area contributed by atoms with E-state index in [0.29, 0.717) is 0 Å². The number of carbonyl (C=O) groups excluding carboxylic acids is 5. The first-order chi connectivity index (χ1) is 29.1. The van der Waals surface area contributed by atoms with Gasteiger partial charge >= 0.3 is 6.16 Å². The molecule has 0 atom stereocenters. The highest BCUT2D eigenvalue weighted by molar-refractivity contribution is 7.19. The fourth-order valence-corrected chi connectivity index (χ4v) is 8.62. The summed E-state index contributed by atoms with van der Waals surface area (Å²) in [5.41, 5.74) is 2.37. The molecule has 4 heterocycles. The SMILES string of the molecule is O=Cc1cc(C(=O)Nc2ncc(-c3cccc(N4CCCC4)c3)s2)cc(F)c1OC(=O)Oc1c(F)cc(C(=O)Nc2ncc(-c3cccc(N4CCCC4)c3)s2)cc1C=O. The minimum atomic E-state index is -1.71. The van der Waals surface area contributed by atoms with Crippen LogP contribution in [-0.4, -0.2) is 66.7 Å². The Kier molecular flexibility index (Phi) is 11.7. The molecule has 0 bridgehead atoms. The molecule has 0 spiro atoms. The highest BCUT2D eigenvalue weighted by Gasteiger charge is 2.25. The molecule has 2 amide bonds. The van der Waals surface area contributed by atoms with Crippen molar-refractivity contribution in [3.63, 3.8) is 0 Å². The summed E-state index contributed by atoms with van der Waals surface area (Å²) in [7, 11) is 0. The molecule has 6 aromatic rings. The fourth-order valence-electron chi connectivity index (χ4n) is 7.00. The number of ether oxygens (including phenoxy) is 2. The van der Waals surface area contributed by atoms with E-state index < -0.39 is 52.2 Å². The van der Waals surface area contributed by atoms with Crippen LogP contribution in [0.2, 0.25) is 0 Å². The molecule has 0 aliphatic carbocycles. The number of anilines is 4.